The van der Waals surface area contributed by atoms with E-state index in [2.05, 4.69) is 5.32 Å². The van der Waals surface area contributed by atoms with Gasteiger partial charge in [0.25, 0.3) is 0 Å². The highest BCUT2D eigenvalue weighted by molar-refractivity contribution is 6.31. The van der Waals surface area contributed by atoms with Gasteiger partial charge in [0.2, 0.25) is 0 Å². The number of ether oxygens (including phenoxy) is 1. The minimum Gasteiger partial charge on any atom is -0.468 e. The molecule has 84 valence electrons. The van der Waals surface area contributed by atoms with E-state index in [0.717, 1.165) is 17.0 Å². The Morgan fingerprint density at radius 2 is 2.44 bits per heavy atom. The quantitative estimate of drug-likeness (QED) is 0.758. The minimum absolute atomic E-state index is 0.178. The lowest BCUT2D eigenvalue weighted by Gasteiger charge is -2.24. The van der Waals surface area contributed by atoms with E-state index in [4.69, 9.17) is 16.3 Å². The Balaban J connectivity index is 2.04. The zero-order valence-corrected chi connectivity index (χ0v) is 9.67. The molecule has 1 fully saturated rings. The Kier molecular flexibility index (Phi) is 2.03. The van der Waals surface area contributed by atoms with Crippen molar-refractivity contribution in [3.63, 3.8) is 0 Å². The standard InChI is InChI=1S/C12H12ClNO2/c1-16-11(15)12-5-8(12)10-7(6-14-12)3-2-4-9(10)13/h2-4,8,14H,5-6H2,1H3/t8-,12-/m1/s1. The SMILES string of the molecule is COC(=O)[C@@]12C[C@@H]1c1c(Cl)cccc1CN2. The van der Waals surface area contributed by atoms with Gasteiger partial charge in [-0.05, 0) is 23.6 Å². The van der Waals surface area contributed by atoms with Crippen molar-refractivity contribution in [1.29, 1.82) is 0 Å². The topological polar surface area (TPSA) is 38.3 Å². The van der Waals surface area contributed by atoms with Gasteiger partial charge in [-0.2, -0.15) is 0 Å². The largest absolute Gasteiger partial charge is 0.468 e. The van der Waals surface area contributed by atoms with Crippen molar-refractivity contribution in [2.75, 3.05) is 7.11 Å². The van der Waals surface area contributed by atoms with Crippen molar-refractivity contribution in [3.05, 3.63) is 34.3 Å². The number of esters is 1. The molecule has 0 aromatic heterocycles. The van der Waals surface area contributed by atoms with Gasteiger partial charge in [-0.15, -0.1) is 0 Å². The second-order valence-corrected chi connectivity index (χ2v) is 4.79. The number of rotatable bonds is 1. The van der Waals surface area contributed by atoms with Crippen LogP contribution in [0, 0.1) is 0 Å². The summed E-state index contributed by atoms with van der Waals surface area (Å²) in [7, 11) is 1.43. The zero-order valence-electron chi connectivity index (χ0n) is 8.92. The van der Waals surface area contributed by atoms with Crippen LogP contribution in [0.2, 0.25) is 5.02 Å². The van der Waals surface area contributed by atoms with Gasteiger partial charge in [-0.1, -0.05) is 23.7 Å². The fraction of sp³-hybridized carbons (Fsp3) is 0.417. The third kappa shape index (κ3) is 1.16. The number of carbonyl (C=O) groups is 1. The lowest BCUT2D eigenvalue weighted by Crippen LogP contribution is -2.43. The van der Waals surface area contributed by atoms with Crippen LogP contribution in [0.5, 0.6) is 0 Å². The number of fused-ring (bicyclic) bond motifs is 3. The van der Waals surface area contributed by atoms with Crippen LogP contribution in [-0.4, -0.2) is 18.6 Å². The maximum absolute atomic E-state index is 11.7. The first-order valence-electron chi connectivity index (χ1n) is 5.30. The minimum atomic E-state index is -0.507. The lowest BCUT2D eigenvalue weighted by molar-refractivity contribution is -0.144. The van der Waals surface area contributed by atoms with Gasteiger partial charge in [0, 0.05) is 17.5 Å². The van der Waals surface area contributed by atoms with Gasteiger partial charge in [-0.25, -0.2) is 0 Å². The Hall–Kier alpha value is -1.06. The van der Waals surface area contributed by atoms with Crippen LogP contribution in [-0.2, 0) is 16.1 Å². The summed E-state index contributed by atoms with van der Waals surface area (Å²) < 4.78 is 4.84. The molecule has 0 saturated heterocycles. The molecule has 1 N–H and O–H groups in total. The Morgan fingerprint density at radius 3 is 3.19 bits per heavy atom. The number of benzene rings is 1. The highest BCUT2D eigenvalue weighted by Gasteiger charge is 2.64. The third-order valence-corrected chi connectivity index (χ3v) is 3.93. The third-order valence-electron chi connectivity index (χ3n) is 3.60. The van der Waals surface area contributed by atoms with E-state index < -0.39 is 5.54 Å². The monoisotopic (exact) mass is 237 g/mol. The fourth-order valence-electron chi connectivity index (χ4n) is 2.67. The van der Waals surface area contributed by atoms with Gasteiger partial charge in [0.15, 0.2) is 0 Å². The normalized spacial score (nSPS) is 30.2. The summed E-state index contributed by atoms with van der Waals surface area (Å²) in [6, 6.07) is 5.87. The number of hydrogen-bond acceptors (Lipinski definition) is 3. The molecule has 1 aromatic rings. The van der Waals surface area contributed by atoms with Gasteiger partial charge < -0.3 is 4.74 Å². The van der Waals surface area contributed by atoms with Crippen molar-refractivity contribution < 1.29 is 9.53 Å². The molecule has 1 heterocycles. The summed E-state index contributed by atoms with van der Waals surface area (Å²) in [6.45, 7) is 0.682. The second-order valence-electron chi connectivity index (χ2n) is 4.39. The molecule has 16 heavy (non-hydrogen) atoms. The van der Waals surface area contributed by atoms with Crippen molar-refractivity contribution in [3.8, 4) is 0 Å². The summed E-state index contributed by atoms with van der Waals surface area (Å²) in [5.41, 5.74) is 1.80. The number of carbonyl (C=O) groups excluding carboxylic acids is 1. The van der Waals surface area contributed by atoms with Crippen LogP contribution in [0.15, 0.2) is 18.2 Å². The van der Waals surface area contributed by atoms with Crippen molar-refractivity contribution in [2.24, 2.45) is 0 Å². The molecule has 2 aliphatic rings. The van der Waals surface area contributed by atoms with E-state index in [9.17, 15) is 4.79 Å². The Bertz CT molecular complexity index is 474. The van der Waals surface area contributed by atoms with Crippen LogP contribution in [0.1, 0.15) is 23.5 Å². The molecule has 0 amide bonds. The number of nitrogens with one attached hydrogen (secondary N) is 1. The van der Waals surface area contributed by atoms with Crippen molar-refractivity contribution >= 4 is 17.6 Å². The molecule has 1 saturated carbocycles. The van der Waals surface area contributed by atoms with Gasteiger partial charge in [0.1, 0.15) is 5.54 Å². The maximum Gasteiger partial charge on any atom is 0.326 e. The smallest absolute Gasteiger partial charge is 0.326 e. The van der Waals surface area contributed by atoms with E-state index >= 15 is 0 Å². The van der Waals surface area contributed by atoms with Gasteiger partial charge in [-0.3, -0.25) is 10.1 Å². The van der Waals surface area contributed by atoms with E-state index in [1.807, 2.05) is 18.2 Å². The van der Waals surface area contributed by atoms with E-state index in [1.165, 1.54) is 12.7 Å². The number of halogens is 1. The second kappa shape index (κ2) is 3.22. The molecule has 0 bridgehead atoms. The lowest BCUT2D eigenvalue weighted by atomic mass is 9.96. The molecule has 3 nitrogen and oxygen atoms in total. The Morgan fingerprint density at radius 1 is 1.62 bits per heavy atom. The first-order valence-corrected chi connectivity index (χ1v) is 5.67. The molecular formula is C12H12ClNO2. The summed E-state index contributed by atoms with van der Waals surface area (Å²) in [6.07, 6.45) is 0.788. The molecule has 1 aliphatic heterocycles. The first kappa shape index (κ1) is 10.1. The highest BCUT2D eigenvalue weighted by Crippen LogP contribution is 2.57. The van der Waals surface area contributed by atoms with Gasteiger partial charge >= 0.3 is 5.97 Å². The average molecular weight is 238 g/mol. The number of hydrogen-bond donors (Lipinski definition) is 1. The summed E-state index contributed by atoms with van der Waals surface area (Å²) in [4.78, 5) is 11.7. The van der Waals surface area contributed by atoms with Crippen LogP contribution in [0.3, 0.4) is 0 Å². The van der Waals surface area contributed by atoms with Crippen molar-refractivity contribution in [2.45, 2.75) is 24.4 Å². The first-order chi connectivity index (χ1) is 7.69. The van der Waals surface area contributed by atoms with E-state index in [1.54, 1.807) is 0 Å². The predicted molar refractivity (Wildman–Crippen MR) is 60.4 cm³/mol. The predicted octanol–water partition coefficient (Wildman–Crippen LogP) is 1.84. The summed E-state index contributed by atoms with van der Waals surface area (Å²) >= 11 is 6.19. The van der Waals surface area contributed by atoms with Crippen molar-refractivity contribution in [1.82, 2.24) is 5.32 Å². The Labute approximate surface area is 98.7 Å². The highest BCUT2D eigenvalue weighted by atomic mass is 35.5. The molecule has 4 heteroatoms. The van der Waals surface area contributed by atoms with Crippen LogP contribution < -0.4 is 5.32 Å². The maximum atomic E-state index is 11.7. The van der Waals surface area contributed by atoms with Crippen LogP contribution in [0.25, 0.3) is 0 Å². The zero-order chi connectivity index (χ0) is 11.3. The summed E-state index contributed by atoms with van der Waals surface area (Å²) in [5, 5.41) is 4.03. The van der Waals surface area contributed by atoms with E-state index in [0.29, 0.717) is 6.54 Å². The molecule has 1 aromatic carbocycles. The number of methoxy groups -OCH3 is 1. The van der Waals surface area contributed by atoms with E-state index in [-0.39, 0.29) is 11.9 Å². The molecule has 3 rings (SSSR count). The molecule has 0 unspecified atom stereocenters. The van der Waals surface area contributed by atoms with Gasteiger partial charge in [0.05, 0.1) is 7.11 Å². The van der Waals surface area contributed by atoms with Crippen LogP contribution in [0.4, 0.5) is 0 Å². The summed E-state index contributed by atoms with van der Waals surface area (Å²) in [5.74, 6) is 0.000435. The molecule has 1 aliphatic carbocycles. The molecule has 2 atom stereocenters. The molecule has 0 radical (unpaired) electrons. The van der Waals surface area contributed by atoms with Crippen LogP contribution >= 0.6 is 11.6 Å². The molecule has 0 spiro atoms. The fourth-order valence-corrected chi connectivity index (χ4v) is 2.99. The molecular weight excluding hydrogens is 226 g/mol. The average Bonchev–Trinajstić information content (AvgIpc) is 3.04.